The van der Waals surface area contributed by atoms with E-state index in [4.69, 9.17) is 16.3 Å². The van der Waals surface area contributed by atoms with Crippen molar-refractivity contribution in [3.8, 4) is 17.2 Å². The SMILES string of the molecule is O=C(Nc1ccc(Oc2ccc(SC(F)(F)F)cc2)c(C(F)(F)F)c1)c1ccc(Cl)cc1O. The van der Waals surface area contributed by atoms with Gasteiger partial charge in [0, 0.05) is 15.6 Å². The first kappa shape index (κ1) is 24.6. The number of ether oxygens (including phenoxy) is 1. The fraction of sp³-hybridized carbons (Fsp3) is 0.0952. The molecule has 0 heterocycles. The molecule has 0 aliphatic rings. The van der Waals surface area contributed by atoms with Crippen molar-refractivity contribution >= 4 is 35.0 Å². The third-order valence-electron chi connectivity index (χ3n) is 4.03. The molecule has 0 aliphatic carbocycles. The summed E-state index contributed by atoms with van der Waals surface area (Å²) in [4.78, 5) is 12.1. The highest BCUT2D eigenvalue weighted by atomic mass is 35.5. The number of phenolic OH excluding ortho intramolecular Hbond substituents is 1. The maximum Gasteiger partial charge on any atom is 0.446 e. The largest absolute Gasteiger partial charge is 0.507 e. The third-order valence-corrected chi connectivity index (χ3v) is 5.01. The average Bonchev–Trinajstić information content (AvgIpc) is 2.68. The van der Waals surface area contributed by atoms with Crippen molar-refractivity contribution < 1.29 is 41.0 Å². The number of halogens is 7. The molecule has 174 valence electrons. The Kier molecular flexibility index (Phi) is 7.03. The maximum absolute atomic E-state index is 13.6. The summed E-state index contributed by atoms with van der Waals surface area (Å²) in [5.74, 6) is -2.06. The number of benzene rings is 3. The molecule has 3 rings (SSSR count). The number of phenols is 1. The molecule has 1 amide bonds. The molecule has 3 aromatic rings. The molecule has 3 aromatic carbocycles. The summed E-state index contributed by atoms with van der Waals surface area (Å²) in [5, 5.41) is 12.2. The second kappa shape index (κ2) is 9.44. The topological polar surface area (TPSA) is 58.6 Å². The fourth-order valence-electron chi connectivity index (χ4n) is 2.65. The monoisotopic (exact) mass is 507 g/mol. The molecule has 0 fully saturated rings. The third kappa shape index (κ3) is 6.72. The minimum Gasteiger partial charge on any atom is -0.507 e. The Labute approximate surface area is 192 Å². The van der Waals surface area contributed by atoms with E-state index in [1.807, 2.05) is 0 Å². The lowest BCUT2D eigenvalue weighted by Crippen LogP contribution is -2.14. The highest BCUT2D eigenvalue weighted by molar-refractivity contribution is 8.00. The van der Waals surface area contributed by atoms with E-state index in [0.29, 0.717) is 6.07 Å². The van der Waals surface area contributed by atoms with Crippen LogP contribution in [0.4, 0.5) is 32.0 Å². The zero-order chi connectivity index (χ0) is 24.4. The molecular weight excluding hydrogens is 496 g/mol. The lowest BCUT2D eigenvalue weighted by molar-refractivity contribution is -0.138. The number of hydrogen-bond donors (Lipinski definition) is 2. The van der Waals surface area contributed by atoms with Crippen LogP contribution in [0.2, 0.25) is 5.02 Å². The minimum absolute atomic E-state index is 0.116. The van der Waals surface area contributed by atoms with E-state index in [-0.39, 0.29) is 38.7 Å². The van der Waals surface area contributed by atoms with Gasteiger partial charge in [-0.2, -0.15) is 26.3 Å². The minimum atomic E-state index is -4.87. The second-order valence-electron chi connectivity index (χ2n) is 6.45. The normalized spacial score (nSPS) is 11.8. The summed E-state index contributed by atoms with van der Waals surface area (Å²) in [5.41, 5.74) is -6.17. The molecule has 4 nitrogen and oxygen atoms in total. The molecule has 0 bridgehead atoms. The molecular formula is C21H12ClF6NO3S. The number of thioether (sulfide) groups is 1. The predicted molar refractivity (Wildman–Crippen MR) is 111 cm³/mol. The van der Waals surface area contributed by atoms with E-state index in [1.165, 1.54) is 12.1 Å². The van der Waals surface area contributed by atoms with Crippen LogP contribution >= 0.6 is 23.4 Å². The highest BCUT2D eigenvalue weighted by Gasteiger charge is 2.35. The first-order valence-electron chi connectivity index (χ1n) is 8.86. The van der Waals surface area contributed by atoms with Crippen LogP contribution in [0.5, 0.6) is 17.2 Å². The van der Waals surface area contributed by atoms with Gasteiger partial charge in [-0.25, -0.2) is 0 Å². The van der Waals surface area contributed by atoms with Gasteiger partial charge >= 0.3 is 11.7 Å². The van der Waals surface area contributed by atoms with Gasteiger partial charge in [0.05, 0.1) is 5.56 Å². The first-order valence-corrected chi connectivity index (χ1v) is 10.1. The van der Waals surface area contributed by atoms with Gasteiger partial charge in [-0.05, 0) is 72.4 Å². The van der Waals surface area contributed by atoms with Crippen molar-refractivity contribution in [3.63, 3.8) is 0 Å². The quantitative estimate of drug-likeness (QED) is 0.274. The van der Waals surface area contributed by atoms with E-state index < -0.39 is 34.7 Å². The zero-order valence-electron chi connectivity index (χ0n) is 16.1. The molecule has 0 atom stereocenters. The lowest BCUT2D eigenvalue weighted by Gasteiger charge is -2.16. The second-order valence-corrected chi connectivity index (χ2v) is 8.02. The summed E-state index contributed by atoms with van der Waals surface area (Å²) < 4.78 is 83.2. The van der Waals surface area contributed by atoms with Crippen LogP contribution in [0.1, 0.15) is 15.9 Å². The van der Waals surface area contributed by atoms with E-state index in [2.05, 4.69) is 5.32 Å². The van der Waals surface area contributed by atoms with E-state index in [9.17, 15) is 36.2 Å². The van der Waals surface area contributed by atoms with E-state index in [0.717, 1.165) is 42.5 Å². The number of hydrogen-bond acceptors (Lipinski definition) is 4. The van der Waals surface area contributed by atoms with Crippen molar-refractivity contribution in [2.24, 2.45) is 0 Å². The molecule has 0 radical (unpaired) electrons. The summed E-state index contributed by atoms with van der Waals surface area (Å²) in [7, 11) is 0. The Morgan fingerprint density at radius 3 is 2.18 bits per heavy atom. The van der Waals surface area contributed by atoms with Crippen LogP contribution in [0, 0.1) is 0 Å². The summed E-state index contributed by atoms with van der Waals surface area (Å²) in [6.07, 6.45) is -4.87. The highest BCUT2D eigenvalue weighted by Crippen LogP contribution is 2.41. The summed E-state index contributed by atoms with van der Waals surface area (Å²) in [6, 6.07) is 10.7. The van der Waals surface area contributed by atoms with E-state index >= 15 is 0 Å². The smallest absolute Gasteiger partial charge is 0.446 e. The van der Waals surface area contributed by atoms with Crippen molar-refractivity contribution in [1.29, 1.82) is 0 Å². The summed E-state index contributed by atoms with van der Waals surface area (Å²) in [6.45, 7) is 0. The fourth-order valence-corrected chi connectivity index (χ4v) is 3.36. The molecule has 2 N–H and O–H groups in total. The van der Waals surface area contributed by atoms with Crippen LogP contribution in [0.25, 0.3) is 0 Å². The van der Waals surface area contributed by atoms with Crippen molar-refractivity contribution in [2.75, 3.05) is 5.32 Å². The molecule has 12 heteroatoms. The van der Waals surface area contributed by atoms with Gasteiger partial charge in [-0.15, -0.1) is 0 Å². The Bertz CT molecular complexity index is 1170. The Hall–Kier alpha value is -3.05. The number of amides is 1. The number of alkyl halides is 6. The molecule has 0 saturated heterocycles. The number of aromatic hydroxyl groups is 1. The standard InChI is InChI=1S/C21H12ClF6NO3S/c22-11-1-7-15(17(30)9-11)19(31)29-12-2-8-18(16(10-12)20(23,24)25)32-13-3-5-14(6-4-13)33-21(26,27)28/h1-10,30H,(H,29,31). The Balaban J connectivity index is 1.83. The number of nitrogens with one attached hydrogen (secondary N) is 1. The van der Waals surface area contributed by atoms with Gasteiger partial charge in [-0.3, -0.25) is 4.79 Å². The average molecular weight is 508 g/mol. The Morgan fingerprint density at radius 2 is 1.61 bits per heavy atom. The van der Waals surface area contributed by atoms with Gasteiger partial charge in [0.1, 0.15) is 22.8 Å². The van der Waals surface area contributed by atoms with Crippen LogP contribution < -0.4 is 10.1 Å². The zero-order valence-corrected chi connectivity index (χ0v) is 17.7. The molecule has 0 spiro atoms. The maximum atomic E-state index is 13.6. The molecule has 0 aliphatic heterocycles. The van der Waals surface area contributed by atoms with Gasteiger partial charge in [0.25, 0.3) is 5.91 Å². The lowest BCUT2D eigenvalue weighted by atomic mass is 10.1. The molecule has 0 aromatic heterocycles. The predicted octanol–water partition coefficient (Wildman–Crippen LogP) is 7.72. The van der Waals surface area contributed by atoms with Gasteiger partial charge in [0.15, 0.2) is 0 Å². The van der Waals surface area contributed by atoms with Crippen LogP contribution in [0.3, 0.4) is 0 Å². The number of carbonyl (C=O) groups excluding carboxylic acids is 1. The molecule has 0 saturated carbocycles. The first-order chi connectivity index (χ1) is 15.3. The number of anilines is 1. The van der Waals surface area contributed by atoms with Crippen LogP contribution in [-0.4, -0.2) is 16.5 Å². The van der Waals surface area contributed by atoms with E-state index in [1.54, 1.807) is 0 Å². The van der Waals surface area contributed by atoms with Gasteiger partial charge in [0.2, 0.25) is 0 Å². The van der Waals surface area contributed by atoms with Crippen LogP contribution in [-0.2, 0) is 6.18 Å². The molecule has 33 heavy (non-hydrogen) atoms. The Morgan fingerprint density at radius 1 is 0.939 bits per heavy atom. The van der Waals surface area contributed by atoms with Crippen LogP contribution in [0.15, 0.2) is 65.6 Å². The van der Waals surface area contributed by atoms with Gasteiger partial charge in [-0.1, -0.05) is 11.6 Å². The summed E-state index contributed by atoms with van der Waals surface area (Å²) >= 11 is 5.32. The van der Waals surface area contributed by atoms with Crippen molar-refractivity contribution in [1.82, 2.24) is 0 Å². The molecule has 0 unspecified atom stereocenters. The van der Waals surface area contributed by atoms with Gasteiger partial charge < -0.3 is 15.2 Å². The van der Waals surface area contributed by atoms with Crippen molar-refractivity contribution in [2.45, 2.75) is 16.6 Å². The number of carbonyl (C=O) groups is 1. The number of rotatable bonds is 5. The van der Waals surface area contributed by atoms with Crippen molar-refractivity contribution in [3.05, 3.63) is 76.8 Å².